The van der Waals surface area contributed by atoms with Crippen LogP contribution in [0.1, 0.15) is 11.1 Å². The predicted molar refractivity (Wildman–Crippen MR) is 74.1 cm³/mol. The zero-order chi connectivity index (χ0) is 14.5. The number of methoxy groups -OCH3 is 1. The van der Waals surface area contributed by atoms with Gasteiger partial charge < -0.3 is 9.84 Å². The Bertz CT molecular complexity index is 645. The van der Waals surface area contributed by atoms with Crippen LogP contribution < -0.4 is 4.74 Å². The van der Waals surface area contributed by atoms with Crippen molar-refractivity contribution in [1.82, 2.24) is 0 Å². The second-order valence-electron chi connectivity index (χ2n) is 4.14. The highest BCUT2D eigenvalue weighted by Gasteiger charge is 2.08. The highest BCUT2D eigenvalue weighted by atomic mass is 19.1. The zero-order valence-electron chi connectivity index (χ0n) is 10.8. The Morgan fingerprint density at radius 3 is 2.40 bits per heavy atom. The quantitative estimate of drug-likeness (QED) is 0.868. The lowest BCUT2D eigenvalue weighted by Crippen LogP contribution is -1.95. The van der Waals surface area contributed by atoms with E-state index in [2.05, 4.69) is 0 Å². The van der Waals surface area contributed by atoms with Crippen molar-refractivity contribution in [2.24, 2.45) is 0 Å². The molecule has 0 heterocycles. The molecule has 2 rings (SSSR count). The third-order valence-electron chi connectivity index (χ3n) is 2.80. The van der Waals surface area contributed by atoms with Crippen molar-refractivity contribution in [3.8, 4) is 5.75 Å². The number of carbonyl (C=O) groups is 1. The Kier molecular flexibility index (Phi) is 4.15. The fourth-order valence-electron chi connectivity index (χ4n) is 1.88. The number of aliphatic carboxylic acids is 1. The molecule has 102 valence electrons. The van der Waals surface area contributed by atoms with E-state index < -0.39 is 11.8 Å². The molecule has 0 fully saturated rings. The monoisotopic (exact) mass is 272 g/mol. The van der Waals surface area contributed by atoms with Gasteiger partial charge in [-0.3, -0.25) is 0 Å². The molecule has 0 saturated heterocycles. The van der Waals surface area contributed by atoms with Gasteiger partial charge in [0.25, 0.3) is 0 Å². The van der Waals surface area contributed by atoms with E-state index in [1.54, 1.807) is 43.5 Å². The molecule has 0 aromatic heterocycles. The number of carboxylic acids is 1. The van der Waals surface area contributed by atoms with E-state index in [4.69, 9.17) is 9.84 Å². The highest BCUT2D eigenvalue weighted by molar-refractivity contribution is 5.95. The number of halogens is 1. The molecule has 4 heteroatoms. The summed E-state index contributed by atoms with van der Waals surface area (Å²) in [6.45, 7) is 0. The molecule has 0 aliphatic carbocycles. The van der Waals surface area contributed by atoms with Crippen LogP contribution >= 0.6 is 0 Å². The Hall–Kier alpha value is -2.62. The van der Waals surface area contributed by atoms with E-state index in [0.29, 0.717) is 22.4 Å². The predicted octanol–water partition coefficient (Wildman–Crippen LogP) is 3.35. The third kappa shape index (κ3) is 3.23. The Morgan fingerprint density at radius 1 is 1.15 bits per heavy atom. The van der Waals surface area contributed by atoms with E-state index >= 15 is 0 Å². The van der Waals surface area contributed by atoms with Crippen LogP contribution in [0, 0.1) is 5.82 Å². The zero-order valence-corrected chi connectivity index (χ0v) is 10.8. The maximum absolute atomic E-state index is 13.3. The molecule has 0 spiro atoms. The van der Waals surface area contributed by atoms with Crippen LogP contribution in [-0.2, 0) is 4.79 Å². The molecule has 2 aromatic carbocycles. The van der Waals surface area contributed by atoms with Crippen molar-refractivity contribution in [3.63, 3.8) is 0 Å². The molecule has 3 nitrogen and oxygen atoms in total. The molecule has 1 N–H and O–H groups in total. The molecule has 2 aromatic rings. The van der Waals surface area contributed by atoms with Crippen LogP contribution in [0.2, 0.25) is 0 Å². The Balaban J connectivity index is 2.50. The van der Waals surface area contributed by atoms with Gasteiger partial charge in [-0.2, -0.15) is 0 Å². The number of hydrogen-bond donors (Lipinski definition) is 1. The van der Waals surface area contributed by atoms with Gasteiger partial charge in [0.05, 0.1) is 7.11 Å². The SMILES string of the molecule is COc1ccc(/C(=C\C(=O)O)c2cccc(F)c2)cc1. The van der Waals surface area contributed by atoms with Gasteiger partial charge >= 0.3 is 5.97 Å². The van der Waals surface area contributed by atoms with E-state index in [1.807, 2.05) is 0 Å². The summed E-state index contributed by atoms with van der Waals surface area (Å²) in [5, 5.41) is 8.98. The van der Waals surface area contributed by atoms with Crippen molar-refractivity contribution in [1.29, 1.82) is 0 Å². The topological polar surface area (TPSA) is 46.5 Å². The van der Waals surface area contributed by atoms with Crippen LogP contribution in [0.25, 0.3) is 5.57 Å². The maximum atomic E-state index is 13.3. The Labute approximate surface area is 115 Å². The summed E-state index contributed by atoms with van der Waals surface area (Å²) in [5.41, 5.74) is 1.64. The number of ether oxygens (including phenoxy) is 1. The minimum atomic E-state index is -1.08. The smallest absolute Gasteiger partial charge is 0.328 e. The van der Waals surface area contributed by atoms with Gasteiger partial charge in [0.2, 0.25) is 0 Å². The molecular formula is C16H13FO3. The molecule has 0 saturated carbocycles. The summed E-state index contributed by atoms with van der Waals surface area (Å²) >= 11 is 0. The van der Waals surface area contributed by atoms with E-state index in [9.17, 15) is 9.18 Å². The molecular weight excluding hydrogens is 259 g/mol. The highest BCUT2D eigenvalue weighted by Crippen LogP contribution is 2.25. The minimum absolute atomic E-state index is 0.410. The van der Waals surface area contributed by atoms with E-state index in [-0.39, 0.29) is 0 Å². The summed E-state index contributed by atoms with van der Waals surface area (Å²) in [4.78, 5) is 11.0. The van der Waals surface area contributed by atoms with Crippen molar-refractivity contribution < 1.29 is 19.0 Å². The van der Waals surface area contributed by atoms with Gasteiger partial charge in [-0.25, -0.2) is 9.18 Å². The van der Waals surface area contributed by atoms with E-state index in [1.165, 1.54) is 12.1 Å². The van der Waals surface area contributed by atoms with Crippen LogP contribution in [0.3, 0.4) is 0 Å². The van der Waals surface area contributed by atoms with Gasteiger partial charge in [-0.05, 0) is 41.0 Å². The molecule has 0 aliphatic heterocycles. The Morgan fingerprint density at radius 2 is 1.85 bits per heavy atom. The average molecular weight is 272 g/mol. The first-order chi connectivity index (χ1) is 9.60. The van der Waals surface area contributed by atoms with Gasteiger partial charge in [0, 0.05) is 6.08 Å². The molecule has 0 aliphatic rings. The van der Waals surface area contributed by atoms with Crippen molar-refractivity contribution >= 4 is 11.5 Å². The molecule has 0 bridgehead atoms. The third-order valence-corrected chi connectivity index (χ3v) is 2.80. The first-order valence-corrected chi connectivity index (χ1v) is 5.95. The van der Waals surface area contributed by atoms with Gasteiger partial charge in [-0.1, -0.05) is 24.3 Å². The fourth-order valence-corrected chi connectivity index (χ4v) is 1.88. The summed E-state index contributed by atoms with van der Waals surface area (Å²) in [6, 6.07) is 12.8. The second-order valence-corrected chi connectivity index (χ2v) is 4.14. The number of carboxylic acid groups (broad SMARTS) is 1. The molecule has 0 unspecified atom stereocenters. The van der Waals surface area contributed by atoms with Crippen molar-refractivity contribution in [3.05, 3.63) is 71.6 Å². The lowest BCUT2D eigenvalue weighted by molar-refractivity contribution is -0.131. The van der Waals surface area contributed by atoms with E-state index in [0.717, 1.165) is 6.08 Å². The number of benzene rings is 2. The molecule has 0 atom stereocenters. The van der Waals surface area contributed by atoms with Crippen molar-refractivity contribution in [2.75, 3.05) is 7.11 Å². The second kappa shape index (κ2) is 6.02. The fraction of sp³-hybridized carbons (Fsp3) is 0.0625. The summed E-state index contributed by atoms with van der Waals surface area (Å²) in [7, 11) is 1.55. The molecule has 0 amide bonds. The van der Waals surface area contributed by atoms with Crippen LogP contribution in [0.15, 0.2) is 54.6 Å². The minimum Gasteiger partial charge on any atom is -0.497 e. The number of hydrogen-bond acceptors (Lipinski definition) is 2. The lowest BCUT2D eigenvalue weighted by atomic mass is 9.97. The van der Waals surface area contributed by atoms with Gasteiger partial charge in [0.15, 0.2) is 0 Å². The summed E-state index contributed by atoms with van der Waals surface area (Å²) in [6.07, 6.45) is 1.07. The first kappa shape index (κ1) is 13.8. The lowest BCUT2D eigenvalue weighted by Gasteiger charge is -2.09. The van der Waals surface area contributed by atoms with Gasteiger partial charge in [0.1, 0.15) is 11.6 Å². The first-order valence-electron chi connectivity index (χ1n) is 5.95. The largest absolute Gasteiger partial charge is 0.497 e. The molecule has 0 radical (unpaired) electrons. The van der Waals surface area contributed by atoms with Crippen LogP contribution in [0.5, 0.6) is 5.75 Å². The van der Waals surface area contributed by atoms with Crippen LogP contribution in [-0.4, -0.2) is 18.2 Å². The normalized spacial score (nSPS) is 11.2. The summed E-state index contributed by atoms with van der Waals surface area (Å²) < 4.78 is 18.4. The van der Waals surface area contributed by atoms with Gasteiger partial charge in [-0.15, -0.1) is 0 Å². The summed E-state index contributed by atoms with van der Waals surface area (Å²) in [5.74, 6) is -0.824. The average Bonchev–Trinajstić information content (AvgIpc) is 2.45. The molecule has 20 heavy (non-hydrogen) atoms. The number of rotatable bonds is 4. The van der Waals surface area contributed by atoms with Crippen LogP contribution in [0.4, 0.5) is 4.39 Å². The van der Waals surface area contributed by atoms with Crippen molar-refractivity contribution in [2.45, 2.75) is 0 Å². The standard InChI is InChI=1S/C16H13FO3/c1-20-14-7-5-11(6-8-14)15(10-16(18)19)12-3-2-4-13(17)9-12/h2-10H,1H3,(H,18,19)/b15-10+. The maximum Gasteiger partial charge on any atom is 0.328 e.